The number of carbonyl (C=O) groups is 2. The molecule has 1 heterocycles. The Morgan fingerprint density at radius 3 is 2.52 bits per heavy atom. The normalized spacial score (nSPS) is 16.2. The molecular formula is C19H20N2O4. The van der Waals surface area contributed by atoms with Crippen LogP contribution >= 0.6 is 0 Å². The maximum atomic E-state index is 12.9. The number of para-hydroxylation sites is 1. The van der Waals surface area contributed by atoms with Gasteiger partial charge in [0.15, 0.2) is 0 Å². The maximum Gasteiger partial charge on any atom is 0.337 e. The van der Waals surface area contributed by atoms with Gasteiger partial charge in [0.25, 0.3) is 5.91 Å². The molecule has 0 bridgehead atoms. The van der Waals surface area contributed by atoms with Crippen molar-refractivity contribution in [2.45, 2.75) is 6.17 Å². The predicted molar refractivity (Wildman–Crippen MR) is 93.5 cm³/mol. The number of benzene rings is 2. The first-order valence-corrected chi connectivity index (χ1v) is 7.99. The van der Waals surface area contributed by atoms with Gasteiger partial charge in [-0.25, -0.2) is 4.79 Å². The molecule has 0 aliphatic carbocycles. The molecule has 1 aliphatic heterocycles. The van der Waals surface area contributed by atoms with Gasteiger partial charge in [-0.15, -0.1) is 0 Å². The Balaban J connectivity index is 1.94. The predicted octanol–water partition coefficient (Wildman–Crippen LogP) is 2.69. The molecule has 0 saturated carbocycles. The van der Waals surface area contributed by atoms with E-state index in [9.17, 15) is 9.59 Å². The van der Waals surface area contributed by atoms with Gasteiger partial charge < -0.3 is 19.7 Å². The molecule has 6 nitrogen and oxygen atoms in total. The molecule has 0 saturated heterocycles. The number of methoxy groups -OCH3 is 2. The van der Waals surface area contributed by atoms with E-state index in [-0.39, 0.29) is 18.0 Å². The highest BCUT2D eigenvalue weighted by Crippen LogP contribution is 2.32. The van der Waals surface area contributed by atoms with Gasteiger partial charge in [0.1, 0.15) is 6.17 Å². The molecule has 1 aliphatic rings. The Morgan fingerprint density at radius 1 is 1.12 bits per heavy atom. The summed E-state index contributed by atoms with van der Waals surface area (Å²) in [4.78, 5) is 26.2. The van der Waals surface area contributed by atoms with Crippen molar-refractivity contribution in [3.63, 3.8) is 0 Å². The van der Waals surface area contributed by atoms with Crippen LogP contribution in [0.5, 0.6) is 0 Å². The molecule has 0 unspecified atom stereocenters. The van der Waals surface area contributed by atoms with E-state index in [1.54, 1.807) is 30.2 Å². The van der Waals surface area contributed by atoms with Crippen LogP contribution in [0.1, 0.15) is 32.4 Å². The third-order valence-electron chi connectivity index (χ3n) is 4.21. The quantitative estimate of drug-likeness (QED) is 0.848. The molecule has 0 fully saturated rings. The first-order valence-electron chi connectivity index (χ1n) is 7.99. The highest BCUT2D eigenvalue weighted by molar-refractivity contribution is 6.01. The molecule has 0 spiro atoms. The zero-order valence-electron chi connectivity index (χ0n) is 14.2. The van der Waals surface area contributed by atoms with Crippen LogP contribution in [0.2, 0.25) is 0 Å². The van der Waals surface area contributed by atoms with Gasteiger partial charge in [-0.2, -0.15) is 0 Å². The fraction of sp³-hybridized carbons (Fsp3) is 0.263. The molecule has 1 atom stereocenters. The average Bonchev–Trinajstić information content (AvgIpc) is 2.66. The van der Waals surface area contributed by atoms with E-state index in [0.29, 0.717) is 24.3 Å². The highest BCUT2D eigenvalue weighted by atomic mass is 16.5. The molecule has 2 aromatic rings. The lowest BCUT2D eigenvalue weighted by Crippen LogP contribution is -2.44. The molecular weight excluding hydrogens is 320 g/mol. The number of amides is 1. The molecule has 6 heteroatoms. The van der Waals surface area contributed by atoms with Crippen LogP contribution in [0.25, 0.3) is 0 Å². The van der Waals surface area contributed by atoms with Gasteiger partial charge in [0.2, 0.25) is 0 Å². The summed E-state index contributed by atoms with van der Waals surface area (Å²) in [5, 5.41) is 3.40. The van der Waals surface area contributed by atoms with Crippen molar-refractivity contribution in [3.05, 3.63) is 65.2 Å². The van der Waals surface area contributed by atoms with Crippen LogP contribution in [0.4, 0.5) is 5.69 Å². The lowest BCUT2D eigenvalue weighted by Gasteiger charge is -2.38. The summed E-state index contributed by atoms with van der Waals surface area (Å²) in [5.74, 6) is -0.436. The fourth-order valence-corrected chi connectivity index (χ4v) is 2.90. The summed E-state index contributed by atoms with van der Waals surface area (Å²) in [7, 11) is 2.96. The summed E-state index contributed by atoms with van der Waals surface area (Å²) in [6, 6.07) is 14.5. The van der Waals surface area contributed by atoms with Crippen molar-refractivity contribution >= 4 is 17.6 Å². The highest BCUT2D eigenvalue weighted by Gasteiger charge is 2.32. The van der Waals surface area contributed by atoms with Crippen molar-refractivity contribution < 1.29 is 19.1 Å². The third-order valence-corrected chi connectivity index (χ3v) is 4.21. The van der Waals surface area contributed by atoms with E-state index in [1.165, 1.54) is 7.11 Å². The standard InChI is InChI=1S/C19H20N2O4/c1-24-12-11-21-17(13-7-9-14(10-8-13)19(23)25-2)20-16-6-4-3-5-15(16)18(21)22/h3-10,17,20H,11-12H2,1-2H3/t17-/m1/s1. The van der Waals surface area contributed by atoms with Crippen molar-refractivity contribution in [2.75, 3.05) is 32.7 Å². The van der Waals surface area contributed by atoms with Crippen LogP contribution in [-0.2, 0) is 9.47 Å². The number of nitrogens with zero attached hydrogens (tertiary/aromatic N) is 1. The summed E-state index contributed by atoms with van der Waals surface area (Å²) in [6.45, 7) is 0.895. The second-order valence-corrected chi connectivity index (χ2v) is 5.70. The topological polar surface area (TPSA) is 67.9 Å². The maximum absolute atomic E-state index is 12.9. The fourth-order valence-electron chi connectivity index (χ4n) is 2.90. The van der Waals surface area contributed by atoms with E-state index in [0.717, 1.165) is 11.3 Å². The first-order chi connectivity index (χ1) is 12.2. The van der Waals surface area contributed by atoms with Crippen LogP contribution in [0.15, 0.2) is 48.5 Å². The molecule has 0 aromatic heterocycles. The Kier molecular flexibility index (Phi) is 5.00. The average molecular weight is 340 g/mol. The molecule has 3 rings (SSSR count). The number of carbonyl (C=O) groups excluding carboxylic acids is 2. The minimum Gasteiger partial charge on any atom is -0.465 e. The smallest absolute Gasteiger partial charge is 0.337 e. The summed E-state index contributed by atoms with van der Waals surface area (Å²) in [5.41, 5.74) is 2.79. The summed E-state index contributed by atoms with van der Waals surface area (Å²) < 4.78 is 9.87. The SMILES string of the molecule is COCCN1C(=O)c2ccccc2N[C@H]1c1ccc(C(=O)OC)cc1. The number of ether oxygens (including phenoxy) is 2. The number of esters is 1. The molecule has 1 N–H and O–H groups in total. The second kappa shape index (κ2) is 7.36. The van der Waals surface area contributed by atoms with E-state index in [2.05, 4.69) is 5.32 Å². The van der Waals surface area contributed by atoms with E-state index in [4.69, 9.17) is 9.47 Å². The molecule has 2 aromatic carbocycles. The zero-order chi connectivity index (χ0) is 17.8. The monoisotopic (exact) mass is 340 g/mol. The van der Waals surface area contributed by atoms with Crippen LogP contribution in [0.3, 0.4) is 0 Å². The Hall–Kier alpha value is -2.86. The number of fused-ring (bicyclic) bond motifs is 1. The number of rotatable bonds is 5. The van der Waals surface area contributed by atoms with Crippen molar-refractivity contribution in [1.82, 2.24) is 4.90 Å². The third kappa shape index (κ3) is 3.34. The van der Waals surface area contributed by atoms with E-state index in [1.807, 2.05) is 30.3 Å². The lowest BCUT2D eigenvalue weighted by molar-refractivity contribution is 0.0593. The number of nitrogens with one attached hydrogen (secondary N) is 1. The zero-order valence-corrected chi connectivity index (χ0v) is 14.2. The van der Waals surface area contributed by atoms with Crippen LogP contribution in [-0.4, -0.2) is 44.1 Å². The Bertz CT molecular complexity index is 773. The van der Waals surface area contributed by atoms with E-state index < -0.39 is 0 Å². The molecule has 25 heavy (non-hydrogen) atoms. The van der Waals surface area contributed by atoms with Gasteiger partial charge in [-0.1, -0.05) is 24.3 Å². The minimum absolute atomic E-state index is 0.0477. The minimum atomic E-state index is -0.388. The molecule has 0 radical (unpaired) electrons. The number of anilines is 1. The van der Waals surface area contributed by atoms with Crippen molar-refractivity contribution in [2.24, 2.45) is 0 Å². The van der Waals surface area contributed by atoms with Crippen molar-refractivity contribution in [1.29, 1.82) is 0 Å². The van der Waals surface area contributed by atoms with Crippen LogP contribution < -0.4 is 5.32 Å². The van der Waals surface area contributed by atoms with Gasteiger partial charge in [-0.3, -0.25) is 4.79 Å². The van der Waals surface area contributed by atoms with Crippen LogP contribution in [0, 0.1) is 0 Å². The van der Waals surface area contributed by atoms with Gasteiger partial charge in [0.05, 0.1) is 24.8 Å². The summed E-state index contributed by atoms with van der Waals surface area (Å²) >= 11 is 0. The number of hydrogen-bond acceptors (Lipinski definition) is 5. The Morgan fingerprint density at radius 2 is 1.84 bits per heavy atom. The Labute approximate surface area is 146 Å². The lowest BCUT2D eigenvalue weighted by atomic mass is 10.0. The molecule has 1 amide bonds. The van der Waals surface area contributed by atoms with Gasteiger partial charge >= 0.3 is 5.97 Å². The second-order valence-electron chi connectivity index (χ2n) is 5.70. The number of hydrogen-bond donors (Lipinski definition) is 1. The van der Waals surface area contributed by atoms with Gasteiger partial charge in [-0.05, 0) is 29.8 Å². The largest absolute Gasteiger partial charge is 0.465 e. The van der Waals surface area contributed by atoms with Crippen molar-refractivity contribution in [3.8, 4) is 0 Å². The van der Waals surface area contributed by atoms with E-state index >= 15 is 0 Å². The first kappa shape index (κ1) is 17.0. The van der Waals surface area contributed by atoms with Gasteiger partial charge in [0, 0.05) is 19.3 Å². The summed E-state index contributed by atoms with van der Waals surface area (Å²) in [6.07, 6.45) is -0.329. The molecule has 130 valence electrons.